The molecule has 0 radical (unpaired) electrons. The molecule has 8 nitrogen and oxygen atoms in total. The summed E-state index contributed by atoms with van der Waals surface area (Å²) in [5.74, 6) is 0.904. The molecule has 0 aromatic heterocycles. The Bertz CT molecular complexity index is 899. The van der Waals surface area contributed by atoms with Crippen molar-refractivity contribution in [2.75, 3.05) is 40.1 Å². The van der Waals surface area contributed by atoms with Crippen LogP contribution in [0.3, 0.4) is 0 Å². The van der Waals surface area contributed by atoms with Crippen LogP contribution in [0.15, 0.2) is 60.3 Å². The zero-order valence-electron chi connectivity index (χ0n) is 19.8. The van der Waals surface area contributed by atoms with Crippen LogP contribution < -0.4 is 15.4 Å². The van der Waals surface area contributed by atoms with Gasteiger partial charge in [-0.05, 0) is 36.9 Å². The normalized spacial score (nSPS) is 15.6. The minimum atomic E-state index is -0.347. The van der Waals surface area contributed by atoms with E-state index in [9.17, 15) is 9.90 Å². The summed E-state index contributed by atoms with van der Waals surface area (Å²) in [6.45, 7) is 5.08. The van der Waals surface area contributed by atoms with Gasteiger partial charge in [0, 0.05) is 44.2 Å². The summed E-state index contributed by atoms with van der Waals surface area (Å²) in [4.78, 5) is 14.9. The van der Waals surface area contributed by atoms with Gasteiger partial charge in [0.15, 0.2) is 6.29 Å². The van der Waals surface area contributed by atoms with Gasteiger partial charge in [0.05, 0.1) is 13.7 Å². The molecule has 1 aliphatic heterocycles. The number of rotatable bonds is 8. The lowest BCUT2D eigenvalue weighted by molar-refractivity contribution is -0.158. The number of aromatic hydroxyl groups is 1. The highest BCUT2D eigenvalue weighted by atomic mass is 16.5. The lowest BCUT2D eigenvalue weighted by Crippen LogP contribution is -2.63. The first kappa shape index (κ1) is 25.0. The van der Waals surface area contributed by atoms with Crippen molar-refractivity contribution in [3.05, 3.63) is 65.9 Å². The SMILES string of the molecule is CC.COc1ccc(CN(C)C2NC(CNc3cccc(O)c3)=CC(=O)N2N(C)C)cc1. The number of methoxy groups -OCH3 is 1. The number of nitrogens with zero attached hydrogens (tertiary/aromatic N) is 3. The number of hydrogen-bond donors (Lipinski definition) is 3. The van der Waals surface area contributed by atoms with Gasteiger partial charge in [0.2, 0.25) is 0 Å². The molecule has 0 saturated heterocycles. The van der Waals surface area contributed by atoms with E-state index < -0.39 is 0 Å². The number of anilines is 1. The molecule has 32 heavy (non-hydrogen) atoms. The van der Waals surface area contributed by atoms with Gasteiger partial charge in [-0.1, -0.05) is 32.0 Å². The summed E-state index contributed by atoms with van der Waals surface area (Å²) in [5.41, 5.74) is 2.66. The Balaban J connectivity index is 0.00000176. The number of ether oxygens (including phenoxy) is 1. The van der Waals surface area contributed by atoms with Crippen molar-refractivity contribution >= 4 is 11.6 Å². The molecule has 0 fully saturated rings. The number of hydrazine groups is 1. The Labute approximate surface area is 191 Å². The molecule has 0 bridgehead atoms. The number of hydrogen-bond acceptors (Lipinski definition) is 7. The first-order valence-corrected chi connectivity index (χ1v) is 10.7. The molecule has 1 aliphatic rings. The molecule has 1 amide bonds. The van der Waals surface area contributed by atoms with E-state index in [-0.39, 0.29) is 17.9 Å². The number of benzene rings is 2. The molecule has 1 unspecified atom stereocenters. The summed E-state index contributed by atoms with van der Waals surface area (Å²) < 4.78 is 5.22. The number of amides is 1. The van der Waals surface area contributed by atoms with E-state index in [0.29, 0.717) is 13.1 Å². The third kappa shape index (κ3) is 6.63. The minimum Gasteiger partial charge on any atom is -0.508 e. The molecule has 0 saturated carbocycles. The van der Waals surface area contributed by atoms with Gasteiger partial charge >= 0.3 is 0 Å². The largest absolute Gasteiger partial charge is 0.508 e. The van der Waals surface area contributed by atoms with Gasteiger partial charge in [-0.2, -0.15) is 0 Å². The van der Waals surface area contributed by atoms with Crippen LogP contribution in [0.5, 0.6) is 11.5 Å². The zero-order chi connectivity index (χ0) is 23.7. The van der Waals surface area contributed by atoms with Gasteiger partial charge < -0.3 is 20.5 Å². The van der Waals surface area contributed by atoms with Gasteiger partial charge in [-0.25, -0.2) is 10.0 Å². The molecule has 1 atom stereocenters. The summed E-state index contributed by atoms with van der Waals surface area (Å²) >= 11 is 0. The molecule has 3 rings (SSSR count). The summed E-state index contributed by atoms with van der Waals surface area (Å²) in [5, 5.41) is 19.7. The number of phenolic OH excluding ortho intramolecular Hbond substituents is 1. The van der Waals surface area contributed by atoms with E-state index >= 15 is 0 Å². The van der Waals surface area contributed by atoms with Crippen molar-refractivity contribution in [2.24, 2.45) is 0 Å². The van der Waals surface area contributed by atoms with Gasteiger partial charge in [-0.3, -0.25) is 9.69 Å². The van der Waals surface area contributed by atoms with Crippen molar-refractivity contribution in [1.82, 2.24) is 20.2 Å². The van der Waals surface area contributed by atoms with Crippen molar-refractivity contribution in [3.8, 4) is 11.5 Å². The average molecular weight is 442 g/mol. The van der Waals surface area contributed by atoms with Crippen molar-refractivity contribution in [3.63, 3.8) is 0 Å². The standard InChI is InChI=1S/C22H29N5O3.C2H6/c1-25(2)27-21(29)13-18(14-23-17-6-5-7-19(28)12-17)24-22(27)26(3)15-16-8-10-20(30-4)11-9-16;1-2/h5-13,22-24,28H,14-15H2,1-4H3;1-2H3. The molecule has 174 valence electrons. The van der Waals surface area contributed by atoms with Crippen LogP contribution >= 0.6 is 0 Å². The molecule has 2 aromatic rings. The van der Waals surface area contributed by atoms with Crippen molar-refractivity contribution in [2.45, 2.75) is 26.7 Å². The van der Waals surface area contributed by atoms with Gasteiger partial charge in [0.1, 0.15) is 11.5 Å². The fourth-order valence-electron chi connectivity index (χ4n) is 3.34. The quantitative estimate of drug-likeness (QED) is 0.581. The van der Waals surface area contributed by atoms with Crippen LogP contribution in [0, 0.1) is 0 Å². The zero-order valence-corrected chi connectivity index (χ0v) is 19.8. The van der Waals surface area contributed by atoms with Gasteiger partial charge in [0.25, 0.3) is 5.91 Å². The highest BCUT2D eigenvalue weighted by molar-refractivity contribution is 5.89. The smallest absolute Gasteiger partial charge is 0.265 e. The topological polar surface area (TPSA) is 80.3 Å². The number of phenols is 1. The number of carbonyl (C=O) groups is 1. The Hall–Kier alpha value is -3.23. The van der Waals surface area contributed by atoms with E-state index in [4.69, 9.17) is 4.74 Å². The summed E-state index contributed by atoms with van der Waals surface area (Å²) in [6.07, 6.45) is 1.24. The second-order valence-corrected chi connectivity index (χ2v) is 7.38. The van der Waals surface area contributed by atoms with Crippen LogP contribution in [-0.4, -0.2) is 67.0 Å². The highest BCUT2D eigenvalue weighted by Gasteiger charge is 2.32. The maximum atomic E-state index is 12.8. The Morgan fingerprint density at radius 3 is 2.41 bits per heavy atom. The second kappa shape index (κ2) is 12.0. The Kier molecular flexibility index (Phi) is 9.37. The maximum Gasteiger partial charge on any atom is 0.265 e. The van der Waals surface area contributed by atoms with Crippen molar-refractivity contribution in [1.29, 1.82) is 0 Å². The average Bonchev–Trinajstić information content (AvgIpc) is 2.79. The van der Waals surface area contributed by atoms with Gasteiger partial charge in [-0.15, -0.1) is 0 Å². The lowest BCUT2D eigenvalue weighted by atomic mass is 10.2. The fourth-order valence-corrected chi connectivity index (χ4v) is 3.34. The molecular formula is C24H35N5O3. The summed E-state index contributed by atoms with van der Waals surface area (Å²) in [6, 6.07) is 14.8. The van der Waals surface area contributed by atoms with E-state index in [1.807, 2.05) is 65.3 Å². The monoisotopic (exact) mass is 441 g/mol. The van der Waals surface area contributed by atoms with Crippen LogP contribution in [0.2, 0.25) is 0 Å². The number of nitrogens with one attached hydrogen (secondary N) is 2. The molecule has 1 heterocycles. The molecule has 0 spiro atoms. The third-order valence-electron chi connectivity index (χ3n) is 4.84. The van der Waals surface area contributed by atoms with Crippen LogP contribution in [0.25, 0.3) is 0 Å². The third-order valence-corrected chi connectivity index (χ3v) is 4.84. The molecular weight excluding hydrogens is 406 g/mol. The van der Waals surface area contributed by atoms with Crippen molar-refractivity contribution < 1.29 is 14.6 Å². The fraction of sp³-hybridized carbons (Fsp3) is 0.375. The highest BCUT2D eigenvalue weighted by Crippen LogP contribution is 2.19. The van der Waals surface area contributed by atoms with E-state index in [0.717, 1.165) is 22.7 Å². The first-order chi connectivity index (χ1) is 15.4. The predicted octanol–water partition coefficient (Wildman–Crippen LogP) is 3.05. The lowest BCUT2D eigenvalue weighted by Gasteiger charge is -2.44. The summed E-state index contributed by atoms with van der Waals surface area (Å²) in [7, 11) is 7.30. The Morgan fingerprint density at radius 2 is 1.81 bits per heavy atom. The van der Waals surface area contributed by atoms with E-state index in [1.165, 1.54) is 0 Å². The van der Waals surface area contributed by atoms with E-state index in [1.54, 1.807) is 41.4 Å². The molecule has 2 aromatic carbocycles. The van der Waals surface area contributed by atoms with Crippen LogP contribution in [0.1, 0.15) is 19.4 Å². The van der Waals surface area contributed by atoms with Crippen LogP contribution in [0.4, 0.5) is 5.69 Å². The molecule has 0 aliphatic carbocycles. The van der Waals surface area contributed by atoms with Crippen LogP contribution in [-0.2, 0) is 11.3 Å². The first-order valence-electron chi connectivity index (χ1n) is 10.7. The molecule has 3 N–H and O–H groups in total. The Morgan fingerprint density at radius 1 is 1.12 bits per heavy atom. The predicted molar refractivity (Wildman–Crippen MR) is 128 cm³/mol. The molecule has 8 heteroatoms. The van der Waals surface area contributed by atoms with E-state index in [2.05, 4.69) is 15.5 Å². The second-order valence-electron chi connectivity index (χ2n) is 7.38. The maximum absolute atomic E-state index is 12.8. The number of carbonyl (C=O) groups excluding carboxylic acids is 1. The minimum absolute atomic E-state index is 0.0990.